The SMILES string of the molecule is COC(=O)[C@@H]1[C@@H]2[C@@H](OC(C)(C)C)[C@H](OC(C)(C)C)CN2O[C@@H]1C(=O)OC. The summed E-state index contributed by atoms with van der Waals surface area (Å²) < 4.78 is 22.1. The van der Waals surface area contributed by atoms with Gasteiger partial charge in [-0.15, -0.1) is 0 Å². The van der Waals surface area contributed by atoms with Gasteiger partial charge in [0.1, 0.15) is 18.1 Å². The molecule has 0 aliphatic carbocycles. The summed E-state index contributed by atoms with van der Waals surface area (Å²) in [5.41, 5.74) is -0.864. The number of hydroxylamine groups is 2. The van der Waals surface area contributed by atoms with Crippen molar-refractivity contribution in [3.8, 4) is 0 Å². The third-order valence-corrected chi connectivity index (χ3v) is 4.24. The zero-order chi connectivity index (χ0) is 19.9. The number of ether oxygens (including phenoxy) is 4. The quantitative estimate of drug-likeness (QED) is 0.682. The van der Waals surface area contributed by atoms with Crippen LogP contribution in [0.3, 0.4) is 0 Å². The average Bonchev–Trinajstić information content (AvgIpc) is 3.00. The highest BCUT2D eigenvalue weighted by Crippen LogP contribution is 2.41. The molecule has 2 saturated heterocycles. The van der Waals surface area contributed by atoms with Crippen LogP contribution in [0, 0.1) is 5.92 Å². The molecule has 0 radical (unpaired) electrons. The number of methoxy groups -OCH3 is 2. The molecule has 8 heteroatoms. The largest absolute Gasteiger partial charge is 0.469 e. The van der Waals surface area contributed by atoms with Crippen molar-refractivity contribution in [2.75, 3.05) is 20.8 Å². The molecule has 2 aliphatic heterocycles. The molecular formula is C18H31NO7. The van der Waals surface area contributed by atoms with Gasteiger partial charge >= 0.3 is 11.9 Å². The summed E-state index contributed by atoms with van der Waals surface area (Å²) in [4.78, 5) is 30.3. The van der Waals surface area contributed by atoms with Gasteiger partial charge in [0.25, 0.3) is 0 Å². The smallest absolute Gasteiger partial charge is 0.338 e. The summed E-state index contributed by atoms with van der Waals surface area (Å²) in [6, 6.07) is -0.502. The fourth-order valence-electron chi connectivity index (χ4n) is 3.49. The second-order valence-electron chi connectivity index (χ2n) is 8.65. The summed E-state index contributed by atoms with van der Waals surface area (Å²) in [7, 11) is 2.55. The van der Waals surface area contributed by atoms with Crippen LogP contribution < -0.4 is 0 Å². The topological polar surface area (TPSA) is 83.5 Å². The Hall–Kier alpha value is -1.22. The minimum atomic E-state index is -1.06. The molecule has 0 unspecified atom stereocenters. The molecule has 26 heavy (non-hydrogen) atoms. The van der Waals surface area contributed by atoms with E-state index in [1.807, 2.05) is 41.5 Å². The zero-order valence-electron chi connectivity index (χ0n) is 16.9. The van der Waals surface area contributed by atoms with E-state index in [9.17, 15) is 9.59 Å². The van der Waals surface area contributed by atoms with Crippen molar-refractivity contribution in [3.63, 3.8) is 0 Å². The summed E-state index contributed by atoms with van der Waals surface area (Å²) in [6.07, 6.45) is -1.84. The maximum atomic E-state index is 12.5. The van der Waals surface area contributed by atoms with Crippen molar-refractivity contribution < 1.29 is 33.4 Å². The predicted octanol–water partition coefficient (Wildman–Crippen LogP) is 1.31. The Morgan fingerprint density at radius 2 is 1.46 bits per heavy atom. The molecule has 8 nitrogen and oxygen atoms in total. The fraction of sp³-hybridized carbons (Fsp3) is 0.889. The maximum absolute atomic E-state index is 12.5. The molecule has 0 aromatic rings. The van der Waals surface area contributed by atoms with E-state index >= 15 is 0 Å². The van der Waals surface area contributed by atoms with Gasteiger partial charge in [0.15, 0.2) is 6.10 Å². The van der Waals surface area contributed by atoms with Crippen LogP contribution in [0.5, 0.6) is 0 Å². The van der Waals surface area contributed by atoms with Gasteiger partial charge in [0.05, 0.1) is 38.0 Å². The van der Waals surface area contributed by atoms with Gasteiger partial charge in [-0.2, -0.15) is 5.06 Å². The average molecular weight is 373 g/mol. The number of fused-ring (bicyclic) bond motifs is 1. The first-order chi connectivity index (χ1) is 11.9. The lowest BCUT2D eigenvalue weighted by molar-refractivity contribution is -0.189. The molecule has 0 saturated carbocycles. The van der Waals surface area contributed by atoms with Gasteiger partial charge in [0.2, 0.25) is 0 Å². The van der Waals surface area contributed by atoms with Gasteiger partial charge in [-0.1, -0.05) is 0 Å². The van der Waals surface area contributed by atoms with Crippen LogP contribution >= 0.6 is 0 Å². The lowest BCUT2D eigenvalue weighted by Crippen LogP contribution is -2.49. The van der Waals surface area contributed by atoms with Crippen molar-refractivity contribution >= 4 is 11.9 Å². The Labute approximate surface area is 155 Å². The van der Waals surface area contributed by atoms with Gasteiger partial charge in [-0.05, 0) is 41.5 Å². The van der Waals surface area contributed by atoms with Crippen LogP contribution in [-0.2, 0) is 33.4 Å². The number of nitrogens with zero attached hydrogens (tertiary/aromatic N) is 1. The third kappa shape index (κ3) is 4.54. The first-order valence-electron chi connectivity index (χ1n) is 8.82. The van der Waals surface area contributed by atoms with Crippen LogP contribution in [0.4, 0.5) is 0 Å². The molecule has 5 atom stereocenters. The molecule has 0 bridgehead atoms. The number of hydrogen-bond donors (Lipinski definition) is 0. The Morgan fingerprint density at radius 3 is 1.92 bits per heavy atom. The summed E-state index contributed by atoms with van der Waals surface area (Å²) >= 11 is 0. The van der Waals surface area contributed by atoms with E-state index < -0.39 is 47.3 Å². The summed E-state index contributed by atoms with van der Waals surface area (Å²) in [6.45, 7) is 12.1. The van der Waals surface area contributed by atoms with Crippen molar-refractivity contribution in [3.05, 3.63) is 0 Å². The second-order valence-corrected chi connectivity index (χ2v) is 8.65. The van der Waals surface area contributed by atoms with Crippen molar-refractivity contribution in [1.29, 1.82) is 0 Å². The molecule has 2 aliphatic rings. The number of carbonyl (C=O) groups is 2. The summed E-state index contributed by atoms with van der Waals surface area (Å²) in [5, 5.41) is 1.61. The molecule has 2 rings (SSSR count). The molecule has 0 aromatic carbocycles. The second kappa shape index (κ2) is 7.42. The lowest BCUT2D eigenvalue weighted by atomic mass is 9.90. The van der Waals surface area contributed by atoms with Gasteiger partial charge in [0, 0.05) is 0 Å². The van der Waals surface area contributed by atoms with Crippen LogP contribution in [0.25, 0.3) is 0 Å². The highest BCUT2D eigenvalue weighted by Gasteiger charge is 2.61. The zero-order valence-corrected chi connectivity index (χ0v) is 16.9. The van der Waals surface area contributed by atoms with Crippen molar-refractivity contribution in [1.82, 2.24) is 5.06 Å². The maximum Gasteiger partial charge on any atom is 0.338 e. The lowest BCUT2D eigenvalue weighted by Gasteiger charge is -2.35. The molecule has 0 aromatic heterocycles. The van der Waals surface area contributed by atoms with Gasteiger partial charge in [-0.25, -0.2) is 4.79 Å². The molecule has 0 N–H and O–H groups in total. The fourth-order valence-corrected chi connectivity index (χ4v) is 3.49. The van der Waals surface area contributed by atoms with E-state index in [4.69, 9.17) is 23.8 Å². The molecular weight excluding hydrogens is 342 g/mol. The minimum absolute atomic E-state index is 0.315. The molecule has 0 spiro atoms. The van der Waals surface area contributed by atoms with Crippen LogP contribution in [0.2, 0.25) is 0 Å². The van der Waals surface area contributed by atoms with E-state index in [1.165, 1.54) is 14.2 Å². The number of esters is 2. The van der Waals surface area contributed by atoms with Crippen molar-refractivity contribution in [2.24, 2.45) is 5.92 Å². The van der Waals surface area contributed by atoms with Crippen LogP contribution in [0.1, 0.15) is 41.5 Å². The molecule has 2 fully saturated rings. The minimum Gasteiger partial charge on any atom is -0.469 e. The third-order valence-electron chi connectivity index (χ3n) is 4.24. The van der Waals surface area contributed by atoms with E-state index in [0.29, 0.717) is 6.54 Å². The van der Waals surface area contributed by atoms with Gasteiger partial charge < -0.3 is 18.9 Å². The monoisotopic (exact) mass is 373 g/mol. The van der Waals surface area contributed by atoms with Crippen LogP contribution in [-0.4, -0.2) is 73.3 Å². The number of hydrogen-bond acceptors (Lipinski definition) is 8. The Bertz CT molecular complexity index is 537. The van der Waals surface area contributed by atoms with E-state index in [1.54, 1.807) is 5.06 Å². The first-order valence-corrected chi connectivity index (χ1v) is 8.82. The van der Waals surface area contributed by atoms with E-state index in [2.05, 4.69) is 0 Å². The molecule has 150 valence electrons. The van der Waals surface area contributed by atoms with Crippen molar-refractivity contribution in [2.45, 2.75) is 77.1 Å². The number of carbonyl (C=O) groups excluding carboxylic acids is 2. The van der Waals surface area contributed by atoms with E-state index in [-0.39, 0.29) is 6.10 Å². The predicted molar refractivity (Wildman–Crippen MR) is 92.1 cm³/mol. The molecule has 0 amide bonds. The number of rotatable bonds is 4. The Morgan fingerprint density at radius 1 is 0.923 bits per heavy atom. The Kier molecular flexibility index (Phi) is 6.02. The molecule has 2 heterocycles. The van der Waals surface area contributed by atoms with E-state index in [0.717, 1.165) is 0 Å². The Balaban J connectivity index is 2.37. The standard InChI is InChI=1S/C18H31NO7/c1-17(2,3)24-10-9-19-12(13(10)25-18(4,5)6)11(15(20)22-7)14(26-19)16(21)23-8/h10-14H,9H2,1-8H3/t10-,11-,12-,13+,14+/m1/s1. The first kappa shape index (κ1) is 21.1. The summed E-state index contributed by atoms with van der Waals surface area (Å²) in [5.74, 6) is -2.00. The highest BCUT2D eigenvalue weighted by molar-refractivity contribution is 5.85. The highest BCUT2D eigenvalue weighted by atomic mass is 16.7. The van der Waals surface area contributed by atoms with Crippen LogP contribution in [0.15, 0.2) is 0 Å². The van der Waals surface area contributed by atoms with Gasteiger partial charge in [-0.3, -0.25) is 9.63 Å². The normalized spacial score (nSPS) is 32.4.